The van der Waals surface area contributed by atoms with Crippen molar-refractivity contribution in [2.75, 3.05) is 12.4 Å². The van der Waals surface area contributed by atoms with E-state index in [-0.39, 0.29) is 0 Å². The van der Waals surface area contributed by atoms with Crippen LogP contribution in [0.1, 0.15) is 16.7 Å². The lowest BCUT2D eigenvalue weighted by Gasteiger charge is -2.10. The number of para-hydroxylation sites is 1. The molecular weight excluding hydrogens is 461 g/mol. The second-order valence-electron chi connectivity index (χ2n) is 7.48. The van der Waals surface area contributed by atoms with Crippen molar-refractivity contribution in [3.8, 4) is 5.75 Å². The summed E-state index contributed by atoms with van der Waals surface area (Å²) in [5.41, 5.74) is 5.16. The summed E-state index contributed by atoms with van der Waals surface area (Å²) < 4.78 is 46.3. The number of anilines is 1. The Kier molecular flexibility index (Phi) is 6.83. The molecule has 2 N–H and O–H groups in total. The van der Waals surface area contributed by atoms with Gasteiger partial charge in [0, 0.05) is 34.9 Å². The van der Waals surface area contributed by atoms with Gasteiger partial charge in [0.25, 0.3) is 0 Å². The molecule has 0 aliphatic carbocycles. The summed E-state index contributed by atoms with van der Waals surface area (Å²) in [5.74, 6) is 0.740. The lowest BCUT2D eigenvalue weighted by atomic mass is 10.1. The third-order valence-electron chi connectivity index (χ3n) is 5.14. The molecule has 0 radical (unpaired) electrons. The fourth-order valence-electron chi connectivity index (χ4n) is 3.55. The van der Waals surface area contributed by atoms with Gasteiger partial charge in [0.05, 0.1) is 18.9 Å². The predicted molar refractivity (Wildman–Crippen MR) is 132 cm³/mol. The molecule has 3 aromatic carbocycles. The zero-order valence-corrected chi connectivity index (χ0v) is 19.0. The molecular formula is C25H21F3N4OS. The summed E-state index contributed by atoms with van der Waals surface area (Å²) in [7, 11) is 1.60. The highest BCUT2D eigenvalue weighted by Gasteiger charge is 2.30. The number of nitrogens with zero attached hydrogens (tertiary/aromatic N) is 2. The van der Waals surface area contributed by atoms with Crippen LogP contribution in [0.2, 0.25) is 0 Å². The van der Waals surface area contributed by atoms with Gasteiger partial charge in [-0.3, -0.25) is 5.43 Å². The minimum atomic E-state index is -4.38. The smallest absolute Gasteiger partial charge is 0.416 e. The van der Waals surface area contributed by atoms with E-state index in [9.17, 15) is 13.2 Å². The van der Waals surface area contributed by atoms with Gasteiger partial charge in [-0.25, -0.2) is 0 Å². The van der Waals surface area contributed by atoms with Gasteiger partial charge in [0.1, 0.15) is 5.75 Å². The highest BCUT2D eigenvalue weighted by Crippen LogP contribution is 2.30. The van der Waals surface area contributed by atoms with Crippen LogP contribution in [0, 0.1) is 0 Å². The molecule has 34 heavy (non-hydrogen) atoms. The number of thiocarbonyl (C=S) groups is 1. The maximum absolute atomic E-state index is 13.1. The van der Waals surface area contributed by atoms with E-state index >= 15 is 0 Å². The summed E-state index contributed by atoms with van der Waals surface area (Å²) in [6.07, 6.45) is -0.889. The number of methoxy groups -OCH3 is 1. The molecule has 0 atom stereocenters. The van der Waals surface area contributed by atoms with Crippen molar-refractivity contribution in [3.05, 3.63) is 95.7 Å². The predicted octanol–water partition coefficient (Wildman–Crippen LogP) is 6.04. The molecule has 0 aliphatic heterocycles. The number of benzene rings is 3. The Hall–Kier alpha value is -3.85. The number of hydrogen-bond acceptors (Lipinski definition) is 3. The van der Waals surface area contributed by atoms with Gasteiger partial charge in [-0.15, -0.1) is 0 Å². The molecule has 0 saturated heterocycles. The highest BCUT2D eigenvalue weighted by molar-refractivity contribution is 7.80. The monoisotopic (exact) mass is 482 g/mol. The molecule has 9 heteroatoms. The normalized spacial score (nSPS) is 11.6. The Labute approximate surface area is 199 Å². The third kappa shape index (κ3) is 5.55. The van der Waals surface area contributed by atoms with Crippen LogP contribution in [0.3, 0.4) is 0 Å². The number of ether oxygens (including phenoxy) is 1. The lowest BCUT2D eigenvalue weighted by molar-refractivity contribution is -0.137. The Morgan fingerprint density at radius 3 is 2.56 bits per heavy atom. The number of rotatable bonds is 6. The van der Waals surface area contributed by atoms with Gasteiger partial charge in [-0.2, -0.15) is 18.3 Å². The maximum Gasteiger partial charge on any atom is 0.416 e. The van der Waals surface area contributed by atoms with Crippen molar-refractivity contribution in [2.24, 2.45) is 5.10 Å². The molecule has 0 aliphatic rings. The fourth-order valence-corrected chi connectivity index (χ4v) is 3.72. The number of halogens is 3. The SMILES string of the molecule is COc1ccc(NC(=S)N/N=C/c2cn(Cc3cccc(C(F)(F)F)c3)c3ccccc23)cc1. The van der Waals surface area contributed by atoms with E-state index in [1.165, 1.54) is 12.1 Å². The zero-order chi connectivity index (χ0) is 24.1. The summed E-state index contributed by atoms with van der Waals surface area (Å²) in [6, 6.07) is 20.3. The number of aromatic nitrogens is 1. The Bertz CT molecular complexity index is 1330. The highest BCUT2D eigenvalue weighted by atomic mass is 32.1. The van der Waals surface area contributed by atoms with Crippen molar-refractivity contribution >= 4 is 40.1 Å². The lowest BCUT2D eigenvalue weighted by Crippen LogP contribution is -2.23. The van der Waals surface area contributed by atoms with Gasteiger partial charge < -0.3 is 14.6 Å². The number of alkyl halides is 3. The number of hydrogen-bond donors (Lipinski definition) is 2. The zero-order valence-electron chi connectivity index (χ0n) is 18.1. The van der Waals surface area contributed by atoms with E-state index in [1.807, 2.05) is 59.3 Å². The molecule has 0 amide bonds. The van der Waals surface area contributed by atoms with E-state index in [4.69, 9.17) is 17.0 Å². The molecule has 4 aromatic rings. The molecule has 5 nitrogen and oxygen atoms in total. The van der Waals surface area contributed by atoms with Crippen molar-refractivity contribution in [3.63, 3.8) is 0 Å². The Morgan fingerprint density at radius 1 is 1.06 bits per heavy atom. The molecule has 0 bridgehead atoms. The Morgan fingerprint density at radius 2 is 1.82 bits per heavy atom. The molecule has 174 valence electrons. The largest absolute Gasteiger partial charge is 0.497 e. The van der Waals surface area contributed by atoms with Gasteiger partial charge in [0.2, 0.25) is 0 Å². The average Bonchev–Trinajstić information content (AvgIpc) is 3.16. The first kappa shape index (κ1) is 23.3. The van der Waals surface area contributed by atoms with E-state index in [0.717, 1.165) is 34.0 Å². The minimum Gasteiger partial charge on any atom is -0.497 e. The summed E-state index contributed by atoms with van der Waals surface area (Å²) in [6.45, 7) is 0.295. The summed E-state index contributed by atoms with van der Waals surface area (Å²) in [4.78, 5) is 0. The minimum absolute atomic E-state index is 0.295. The van der Waals surface area contributed by atoms with Crippen molar-refractivity contribution in [2.45, 2.75) is 12.7 Å². The van der Waals surface area contributed by atoms with E-state index in [0.29, 0.717) is 17.2 Å². The fraction of sp³-hybridized carbons (Fsp3) is 0.120. The van der Waals surface area contributed by atoms with Gasteiger partial charge in [-0.05, 0) is 60.2 Å². The van der Waals surface area contributed by atoms with Crippen LogP contribution in [0.25, 0.3) is 10.9 Å². The van der Waals surface area contributed by atoms with Gasteiger partial charge in [0.15, 0.2) is 5.11 Å². The first-order valence-corrected chi connectivity index (χ1v) is 10.7. The van der Waals surface area contributed by atoms with Crippen LogP contribution < -0.4 is 15.5 Å². The average molecular weight is 483 g/mol. The van der Waals surface area contributed by atoms with E-state index in [2.05, 4.69) is 15.8 Å². The summed E-state index contributed by atoms with van der Waals surface area (Å²) in [5, 5.41) is 8.49. The van der Waals surface area contributed by atoms with E-state index < -0.39 is 11.7 Å². The number of hydrazone groups is 1. The van der Waals surface area contributed by atoms with Crippen molar-refractivity contribution < 1.29 is 17.9 Å². The summed E-state index contributed by atoms with van der Waals surface area (Å²) >= 11 is 5.28. The van der Waals surface area contributed by atoms with Crippen LogP contribution >= 0.6 is 12.2 Å². The molecule has 0 spiro atoms. The first-order chi connectivity index (χ1) is 16.3. The van der Waals surface area contributed by atoms with Crippen LogP contribution in [-0.4, -0.2) is 23.0 Å². The number of nitrogens with one attached hydrogen (secondary N) is 2. The van der Waals surface area contributed by atoms with Crippen molar-refractivity contribution in [1.29, 1.82) is 0 Å². The molecule has 0 fully saturated rings. The van der Waals surface area contributed by atoms with Gasteiger partial charge in [-0.1, -0.05) is 30.3 Å². The first-order valence-electron chi connectivity index (χ1n) is 10.3. The Balaban J connectivity index is 1.49. The maximum atomic E-state index is 13.1. The second-order valence-corrected chi connectivity index (χ2v) is 7.89. The van der Waals surface area contributed by atoms with Crippen LogP contribution in [0.5, 0.6) is 5.75 Å². The van der Waals surface area contributed by atoms with Crippen molar-refractivity contribution in [1.82, 2.24) is 9.99 Å². The molecule has 1 heterocycles. The van der Waals surface area contributed by atoms with Gasteiger partial charge >= 0.3 is 6.18 Å². The van der Waals surface area contributed by atoms with Crippen LogP contribution in [-0.2, 0) is 12.7 Å². The standard InChI is InChI=1S/C25H21F3N4OS/c1-33-21-11-9-20(10-12-21)30-24(34)31-29-14-18-16-32(23-8-3-2-7-22(18)23)15-17-5-4-6-19(13-17)25(26,27)28/h2-14,16H,15H2,1H3,(H2,30,31,34)/b29-14+. The third-order valence-corrected chi connectivity index (χ3v) is 5.34. The second kappa shape index (κ2) is 9.96. The van der Waals surface area contributed by atoms with Crippen LogP contribution in [0.4, 0.5) is 18.9 Å². The van der Waals surface area contributed by atoms with Crippen LogP contribution in [0.15, 0.2) is 84.1 Å². The quantitative estimate of drug-likeness (QED) is 0.200. The molecule has 0 unspecified atom stereocenters. The van der Waals surface area contributed by atoms with E-state index in [1.54, 1.807) is 19.4 Å². The number of fused-ring (bicyclic) bond motifs is 1. The molecule has 4 rings (SSSR count). The molecule has 0 saturated carbocycles. The topological polar surface area (TPSA) is 50.6 Å². The molecule has 1 aromatic heterocycles.